The summed E-state index contributed by atoms with van der Waals surface area (Å²) in [4.78, 5) is 2.29. The third-order valence-electron chi connectivity index (χ3n) is 11.9. The van der Waals surface area contributed by atoms with Gasteiger partial charge in [-0.3, -0.25) is 0 Å². The summed E-state index contributed by atoms with van der Waals surface area (Å²) in [6, 6.07) is 63.4. The van der Waals surface area contributed by atoms with E-state index >= 15 is 0 Å². The number of para-hydroxylation sites is 3. The van der Waals surface area contributed by atoms with Crippen LogP contribution in [0.5, 0.6) is 0 Å². The number of hydrogen-bond acceptors (Lipinski definition) is 1. The van der Waals surface area contributed by atoms with Crippen LogP contribution in [0.25, 0.3) is 60.5 Å². The van der Waals surface area contributed by atoms with Crippen LogP contribution in [0.15, 0.2) is 206 Å². The number of fused-ring (bicyclic) bond motifs is 12. The van der Waals surface area contributed by atoms with Gasteiger partial charge in [0.05, 0.1) is 21.9 Å². The van der Waals surface area contributed by atoms with Crippen molar-refractivity contribution >= 4 is 49.6 Å². The van der Waals surface area contributed by atoms with Crippen LogP contribution >= 0.6 is 0 Å². The second-order valence-electron chi connectivity index (χ2n) is 14.5. The Hall–Kier alpha value is -7.16. The van der Waals surface area contributed by atoms with Crippen LogP contribution in [-0.4, -0.2) is 4.57 Å². The maximum Gasteiger partial charge on any atom is 0.0726 e. The zero-order chi connectivity index (χ0) is 39.6. The van der Waals surface area contributed by atoms with Crippen molar-refractivity contribution in [2.45, 2.75) is 5.41 Å². The quantitative estimate of drug-likeness (QED) is 0.177. The molecule has 0 saturated heterocycles. The molecule has 55 heavy (non-hydrogen) atoms. The van der Waals surface area contributed by atoms with Gasteiger partial charge in [-0.2, -0.15) is 0 Å². The van der Waals surface area contributed by atoms with Gasteiger partial charge >= 0.3 is 0 Å². The normalized spacial score (nSPS) is 16.0. The number of nitrogens with zero attached hydrogens (tertiary/aromatic N) is 2. The van der Waals surface area contributed by atoms with E-state index in [1.807, 2.05) is 12.1 Å². The molecule has 0 bridgehead atoms. The molecule has 0 N–H and O–H groups in total. The molecule has 1 unspecified atom stereocenters. The first-order valence-corrected chi connectivity index (χ1v) is 18.8. The second kappa shape index (κ2) is 11.4. The third-order valence-corrected chi connectivity index (χ3v) is 11.9. The first-order chi connectivity index (χ1) is 29.0. The third kappa shape index (κ3) is 4.08. The fourth-order valence-corrected chi connectivity index (χ4v) is 9.74. The number of benzene rings is 9. The zero-order valence-electron chi connectivity index (χ0n) is 33.7. The summed E-state index contributed by atoms with van der Waals surface area (Å²) in [5, 5.41) is 4.50. The number of anilines is 3. The van der Waals surface area contributed by atoms with Crippen molar-refractivity contribution in [2.24, 2.45) is 0 Å². The molecule has 9 aromatic carbocycles. The highest BCUT2D eigenvalue weighted by molar-refractivity contribution is 6.11. The van der Waals surface area contributed by atoms with Crippen molar-refractivity contribution in [1.29, 1.82) is 0 Å². The molecule has 0 amide bonds. The van der Waals surface area contributed by atoms with Crippen LogP contribution in [0.2, 0.25) is 0 Å². The summed E-state index contributed by atoms with van der Waals surface area (Å²) in [5.41, 5.74) is 12.4. The van der Waals surface area contributed by atoms with Crippen molar-refractivity contribution in [3.8, 4) is 27.9 Å². The van der Waals surface area contributed by atoms with Gasteiger partial charge in [0.1, 0.15) is 0 Å². The summed E-state index contributed by atoms with van der Waals surface area (Å²) in [7, 11) is 0. The highest BCUT2D eigenvalue weighted by Crippen LogP contribution is 2.62. The van der Waals surface area contributed by atoms with Gasteiger partial charge in [-0.1, -0.05) is 145 Å². The first kappa shape index (κ1) is 26.6. The van der Waals surface area contributed by atoms with Gasteiger partial charge in [0.25, 0.3) is 0 Å². The van der Waals surface area contributed by atoms with E-state index in [-0.39, 0.29) is 24.2 Å². The molecular weight excluding hydrogens is 665 g/mol. The predicted octanol–water partition coefficient (Wildman–Crippen LogP) is 13.8. The van der Waals surface area contributed by atoms with Gasteiger partial charge in [-0.25, -0.2) is 0 Å². The average Bonchev–Trinajstić information content (AvgIpc) is 3.78. The molecule has 1 spiro atoms. The largest absolute Gasteiger partial charge is 0.310 e. The summed E-state index contributed by atoms with van der Waals surface area (Å²) >= 11 is 0. The van der Waals surface area contributed by atoms with Crippen LogP contribution in [0.3, 0.4) is 0 Å². The molecule has 10 aromatic rings. The lowest BCUT2D eigenvalue weighted by molar-refractivity contribution is 0.773. The maximum atomic E-state index is 9.68. The Morgan fingerprint density at radius 2 is 1.07 bits per heavy atom. The topological polar surface area (TPSA) is 8.17 Å². The Morgan fingerprint density at radius 3 is 1.96 bits per heavy atom. The van der Waals surface area contributed by atoms with Gasteiger partial charge in [0, 0.05) is 33.5 Å². The standard InChI is InChI=1S/C53H34N2/c1-3-17-36(18-4-1)54(38-30-32-51-45(33-38)43-23-9-12-28-50(43)55(51)37-19-5-2-6-20-37)39-29-31-42-40-21-7-10-25-46(40)53(49(42)34-39)47-26-11-8-22-41(47)44-24-13-15-35-16-14-27-48(53)52(35)44/h1-34H/i7D,10D,21D,25D. The molecule has 12 rings (SSSR count). The van der Waals surface area contributed by atoms with Crippen molar-refractivity contribution in [3.63, 3.8) is 0 Å². The predicted molar refractivity (Wildman–Crippen MR) is 229 cm³/mol. The number of hydrogen-bond donors (Lipinski definition) is 0. The number of aromatic nitrogens is 1. The molecule has 256 valence electrons. The Kier molecular flexibility index (Phi) is 5.52. The highest BCUT2D eigenvalue weighted by Gasteiger charge is 2.50. The SMILES string of the molecule is [2H]c1c([2H])c([2H])c2c(c1[2H])-c1ccc(N(c3ccccc3)c3ccc4c(c3)c3ccccc3n4-c3ccccc3)cc1C21c2ccccc2-c2cccc3cccc1c23. The van der Waals surface area contributed by atoms with E-state index in [9.17, 15) is 2.74 Å². The van der Waals surface area contributed by atoms with Crippen LogP contribution in [0, 0.1) is 0 Å². The maximum absolute atomic E-state index is 9.68. The fraction of sp³-hybridized carbons (Fsp3) is 0.0189. The van der Waals surface area contributed by atoms with Gasteiger partial charge in [-0.15, -0.1) is 0 Å². The van der Waals surface area contributed by atoms with E-state index in [0.717, 1.165) is 83.3 Å². The van der Waals surface area contributed by atoms with E-state index in [0.29, 0.717) is 11.1 Å². The van der Waals surface area contributed by atoms with Gasteiger partial charge in [0.2, 0.25) is 0 Å². The van der Waals surface area contributed by atoms with E-state index in [2.05, 4.69) is 179 Å². The van der Waals surface area contributed by atoms with Gasteiger partial charge in [-0.05, 0) is 116 Å². The van der Waals surface area contributed by atoms with Crippen molar-refractivity contribution < 1.29 is 5.48 Å². The number of rotatable bonds is 4. The molecule has 2 nitrogen and oxygen atoms in total. The van der Waals surface area contributed by atoms with Crippen molar-refractivity contribution in [3.05, 3.63) is 228 Å². The van der Waals surface area contributed by atoms with Crippen LogP contribution in [0.4, 0.5) is 17.1 Å². The summed E-state index contributed by atoms with van der Waals surface area (Å²) < 4.78 is 39.4. The van der Waals surface area contributed by atoms with E-state index in [4.69, 9.17) is 2.74 Å². The molecule has 2 heteroatoms. The fourth-order valence-electron chi connectivity index (χ4n) is 9.74. The molecule has 2 aliphatic carbocycles. The summed E-state index contributed by atoms with van der Waals surface area (Å²) in [5.74, 6) is 0. The molecule has 1 aromatic heterocycles. The molecule has 0 saturated carbocycles. The van der Waals surface area contributed by atoms with Crippen molar-refractivity contribution in [1.82, 2.24) is 4.57 Å². The minimum atomic E-state index is -1.03. The average molecular weight is 703 g/mol. The zero-order valence-corrected chi connectivity index (χ0v) is 29.7. The lowest BCUT2D eigenvalue weighted by Crippen LogP contribution is -2.32. The minimum Gasteiger partial charge on any atom is -0.310 e. The monoisotopic (exact) mass is 702 g/mol. The Labute approximate surface area is 325 Å². The molecule has 1 atom stereocenters. The molecular formula is C53H34N2. The molecule has 0 radical (unpaired) electrons. The molecule has 2 aliphatic rings. The summed E-state index contributed by atoms with van der Waals surface area (Å²) in [6.07, 6.45) is 0. The lowest BCUT2D eigenvalue weighted by Gasteiger charge is -2.40. The van der Waals surface area contributed by atoms with Crippen LogP contribution in [-0.2, 0) is 5.41 Å². The van der Waals surface area contributed by atoms with Gasteiger partial charge < -0.3 is 9.47 Å². The van der Waals surface area contributed by atoms with E-state index < -0.39 is 5.41 Å². The van der Waals surface area contributed by atoms with Crippen LogP contribution < -0.4 is 4.90 Å². The van der Waals surface area contributed by atoms with Crippen molar-refractivity contribution in [2.75, 3.05) is 4.90 Å². The molecule has 1 heterocycles. The minimum absolute atomic E-state index is 0.00916. The van der Waals surface area contributed by atoms with Gasteiger partial charge in [0.15, 0.2) is 0 Å². The highest BCUT2D eigenvalue weighted by atomic mass is 15.1. The molecule has 0 fully saturated rings. The second-order valence-corrected chi connectivity index (χ2v) is 14.5. The Balaban J connectivity index is 1.18. The Morgan fingerprint density at radius 1 is 0.418 bits per heavy atom. The van der Waals surface area contributed by atoms with E-state index in [1.165, 1.54) is 5.39 Å². The molecule has 0 aliphatic heterocycles. The summed E-state index contributed by atoms with van der Waals surface area (Å²) in [6.45, 7) is 0. The first-order valence-electron chi connectivity index (χ1n) is 20.8. The van der Waals surface area contributed by atoms with E-state index in [1.54, 1.807) is 0 Å². The van der Waals surface area contributed by atoms with Crippen LogP contribution in [0.1, 0.15) is 27.7 Å². The lowest BCUT2D eigenvalue weighted by atomic mass is 9.61. The Bertz CT molecular complexity index is 3390. The smallest absolute Gasteiger partial charge is 0.0726 e.